The Morgan fingerprint density at radius 1 is 1.10 bits per heavy atom. The summed E-state index contributed by atoms with van der Waals surface area (Å²) in [6.07, 6.45) is 0. The van der Waals surface area contributed by atoms with E-state index in [0.29, 0.717) is 17.0 Å². The smallest absolute Gasteiger partial charge is 0.269 e. The number of aryl methyl sites for hydroxylation is 1. The second-order valence-corrected chi connectivity index (χ2v) is 7.89. The summed E-state index contributed by atoms with van der Waals surface area (Å²) in [7, 11) is 0. The molecule has 156 valence electrons. The van der Waals surface area contributed by atoms with Crippen LogP contribution in [0.5, 0.6) is 11.5 Å². The van der Waals surface area contributed by atoms with Crippen molar-refractivity contribution >= 4 is 21.6 Å². The average Bonchev–Trinajstić information content (AvgIpc) is 3.14. The lowest BCUT2D eigenvalue weighted by Crippen LogP contribution is -1.96. The predicted octanol–water partition coefficient (Wildman–Crippen LogP) is 6.01. The molecule has 0 fully saturated rings. The maximum Gasteiger partial charge on any atom is 0.269 e. The summed E-state index contributed by atoms with van der Waals surface area (Å²) >= 11 is 3.44. The number of nitro benzene ring substituents is 1. The number of nitrogens with one attached hydrogen (secondary N) is 1. The topological polar surface area (TPSA) is 101 Å². The molecule has 0 aliphatic carbocycles. The Bertz CT molecular complexity index is 1230. The molecule has 1 heterocycles. The fourth-order valence-electron chi connectivity index (χ4n) is 3.28. The van der Waals surface area contributed by atoms with Gasteiger partial charge in [0.15, 0.2) is 0 Å². The highest BCUT2D eigenvalue weighted by Crippen LogP contribution is 2.39. The van der Waals surface area contributed by atoms with E-state index in [9.17, 15) is 15.2 Å². The predicted molar refractivity (Wildman–Crippen MR) is 121 cm³/mol. The first-order valence-electron chi connectivity index (χ1n) is 9.43. The van der Waals surface area contributed by atoms with Gasteiger partial charge in [-0.25, -0.2) is 0 Å². The van der Waals surface area contributed by atoms with E-state index < -0.39 is 4.92 Å². The first-order chi connectivity index (χ1) is 14.9. The Morgan fingerprint density at radius 3 is 2.45 bits per heavy atom. The summed E-state index contributed by atoms with van der Waals surface area (Å²) < 4.78 is 6.72. The number of phenols is 1. The molecule has 7 nitrogen and oxygen atoms in total. The second-order valence-electron chi connectivity index (χ2n) is 6.97. The molecule has 4 rings (SSSR count). The van der Waals surface area contributed by atoms with Gasteiger partial charge in [0.2, 0.25) is 0 Å². The van der Waals surface area contributed by atoms with Gasteiger partial charge in [-0.3, -0.25) is 15.2 Å². The van der Waals surface area contributed by atoms with Crippen LogP contribution in [0.1, 0.15) is 11.3 Å². The number of non-ortho nitro benzene ring substituents is 1. The number of aromatic nitrogens is 2. The van der Waals surface area contributed by atoms with E-state index in [4.69, 9.17) is 4.74 Å². The molecule has 0 atom stereocenters. The molecule has 0 unspecified atom stereocenters. The van der Waals surface area contributed by atoms with Crippen LogP contribution in [0.4, 0.5) is 5.69 Å². The van der Waals surface area contributed by atoms with Crippen molar-refractivity contribution in [3.63, 3.8) is 0 Å². The minimum Gasteiger partial charge on any atom is -0.507 e. The molecule has 0 spiro atoms. The van der Waals surface area contributed by atoms with E-state index in [1.165, 1.54) is 18.2 Å². The Hall–Kier alpha value is -3.65. The lowest BCUT2D eigenvalue weighted by molar-refractivity contribution is -0.384. The van der Waals surface area contributed by atoms with Crippen molar-refractivity contribution in [2.75, 3.05) is 0 Å². The molecule has 0 aliphatic heterocycles. The van der Waals surface area contributed by atoms with Crippen molar-refractivity contribution in [3.8, 4) is 33.9 Å². The van der Waals surface area contributed by atoms with Crippen LogP contribution in [0.15, 0.2) is 71.2 Å². The zero-order valence-corrected chi connectivity index (χ0v) is 18.1. The first-order valence-corrected chi connectivity index (χ1v) is 10.2. The van der Waals surface area contributed by atoms with Gasteiger partial charge in [0.05, 0.1) is 4.92 Å². The van der Waals surface area contributed by atoms with Crippen LogP contribution < -0.4 is 4.74 Å². The molecule has 4 aromatic rings. The number of rotatable bonds is 6. The summed E-state index contributed by atoms with van der Waals surface area (Å²) in [4.78, 5) is 10.3. The highest BCUT2D eigenvalue weighted by atomic mass is 79.9. The third-order valence-electron chi connectivity index (χ3n) is 4.86. The minimum absolute atomic E-state index is 0.0293. The number of H-pyrrole nitrogens is 1. The summed E-state index contributed by atoms with van der Waals surface area (Å²) in [5.41, 5.74) is 4.86. The third kappa shape index (κ3) is 4.44. The van der Waals surface area contributed by atoms with Gasteiger partial charge in [-0.15, -0.1) is 0 Å². The number of nitro groups is 1. The number of aromatic hydroxyl groups is 1. The monoisotopic (exact) mass is 479 g/mol. The normalized spacial score (nSPS) is 10.8. The van der Waals surface area contributed by atoms with E-state index in [1.807, 2.05) is 31.2 Å². The lowest BCUT2D eigenvalue weighted by Gasteiger charge is -2.10. The van der Waals surface area contributed by atoms with Gasteiger partial charge in [-0.2, -0.15) is 5.10 Å². The molecule has 2 N–H and O–H groups in total. The van der Waals surface area contributed by atoms with Gasteiger partial charge in [0.25, 0.3) is 5.69 Å². The van der Waals surface area contributed by atoms with E-state index >= 15 is 0 Å². The molecule has 1 aromatic heterocycles. The number of nitrogens with zero attached hydrogens (tertiary/aromatic N) is 2. The van der Waals surface area contributed by atoms with Crippen molar-refractivity contribution in [3.05, 3.63) is 92.6 Å². The van der Waals surface area contributed by atoms with Crippen LogP contribution in [0.3, 0.4) is 0 Å². The van der Waals surface area contributed by atoms with Gasteiger partial charge >= 0.3 is 0 Å². The number of aromatic amines is 1. The van der Waals surface area contributed by atoms with E-state index in [-0.39, 0.29) is 18.0 Å². The number of ether oxygens (including phenoxy) is 1. The largest absolute Gasteiger partial charge is 0.507 e. The maximum absolute atomic E-state index is 10.7. The van der Waals surface area contributed by atoms with Crippen molar-refractivity contribution in [1.82, 2.24) is 10.2 Å². The maximum atomic E-state index is 10.7. The number of halogens is 1. The summed E-state index contributed by atoms with van der Waals surface area (Å²) in [6, 6.07) is 19.1. The first kappa shape index (κ1) is 20.6. The van der Waals surface area contributed by atoms with E-state index in [0.717, 1.165) is 26.9 Å². The van der Waals surface area contributed by atoms with Crippen molar-refractivity contribution in [2.24, 2.45) is 0 Å². The Labute approximate surface area is 186 Å². The second kappa shape index (κ2) is 8.61. The van der Waals surface area contributed by atoms with Gasteiger partial charge in [-0.05, 0) is 54.4 Å². The highest BCUT2D eigenvalue weighted by Gasteiger charge is 2.17. The van der Waals surface area contributed by atoms with Crippen LogP contribution in [0, 0.1) is 17.0 Å². The molecule has 31 heavy (non-hydrogen) atoms. The SMILES string of the molecule is Cc1[nH]nc(-c2ccc(OCc3ccc([N+](=O)[O-])cc3)cc2O)c1-c1ccc(Br)cc1. The van der Waals surface area contributed by atoms with Crippen molar-refractivity contribution < 1.29 is 14.8 Å². The van der Waals surface area contributed by atoms with Gasteiger partial charge in [0, 0.05) is 39.5 Å². The van der Waals surface area contributed by atoms with Crippen LogP contribution in [-0.4, -0.2) is 20.2 Å². The van der Waals surface area contributed by atoms with Crippen molar-refractivity contribution in [1.29, 1.82) is 0 Å². The fourth-order valence-corrected chi connectivity index (χ4v) is 3.54. The number of hydrogen-bond acceptors (Lipinski definition) is 5. The van der Waals surface area contributed by atoms with Crippen LogP contribution in [0.2, 0.25) is 0 Å². The fraction of sp³-hybridized carbons (Fsp3) is 0.0870. The molecule has 0 amide bonds. The molecule has 8 heteroatoms. The zero-order chi connectivity index (χ0) is 22.0. The minimum atomic E-state index is -0.444. The average molecular weight is 480 g/mol. The van der Waals surface area contributed by atoms with Gasteiger partial charge < -0.3 is 9.84 Å². The van der Waals surface area contributed by atoms with Gasteiger partial charge in [0.1, 0.15) is 23.8 Å². The molecular formula is C23H18BrN3O4. The number of hydrogen-bond donors (Lipinski definition) is 2. The quantitative estimate of drug-likeness (QED) is 0.260. The Morgan fingerprint density at radius 2 is 1.81 bits per heavy atom. The third-order valence-corrected chi connectivity index (χ3v) is 5.39. The molecule has 0 radical (unpaired) electrons. The Balaban J connectivity index is 1.56. The number of benzene rings is 3. The van der Waals surface area contributed by atoms with Crippen LogP contribution in [0.25, 0.3) is 22.4 Å². The molecule has 0 bridgehead atoms. The van der Waals surface area contributed by atoms with Crippen LogP contribution in [-0.2, 0) is 6.61 Å². The van der Waals surface area contributed by atoms with E-state index in [1.54, 1.807) is 24.3 Å². The lowest BCUT2D eigenvalue weighted by atomic mass is 9.99. The summed E-state index contributed by atoms with van der Waals surface area (Å²) in [5.74, 6) is 0.531. The van der Waals surface area contributed by atoms with Crippen LogP contribution >= 0.6 is 15.9 Å². The zero-order valence-electron chi connectivity index (χ0n) is 16.5. The van der Waals surface area contributed by atoms with Gasteiger partial charge in [-0.1, -0.05) is 28.1 Å². The molecular weight excluding hydrogens is 462 g/mol. The molecule has 3 aromatic carbocycles. The molecule has 0 aliphatic rings. The number of phenolic OH excluding ortho intramolecular Hbond substituents is 1. The van der Waals surface area contributed by atoms with Crippen molar-refractivity contribution in [2.45, 2.75) is 13.5 Å². The summed E-state index contributed by atoms with van der Waals surface area (Å²) in [6.45, 7) is 2.16. The Kier molecular flexibility index (Phi) is 5.73. The summed E-state index contributed by atoms with van der Waals surface area (Å²) in [5, 5.41) is 28.8. The molecule has 0 saturated heterocycles. The molecule has 0 saturated carbocycles. The van der Waals surface area contributed by atoms with E-state index in [2.05, 4.69) is 26.1 Å². The highest BCUT2D eigenvalue weighted by molar-refractivity contribution is 9.10. The standard InChI is InChI=1S/C23H18BrN3O4/c1-14-22(16-4-6-17(24)7-5-16)23(26-25-14)20-11-10-19(12-21(20)28)31-13-15-2-8-18(9-3-15)27(29)30/h2-12,28H,13H2,1H3,(H,25,26).